The summed E-state index contributed by atoms with van der Waals surface area (Å²) in [5.41, 5.74) is 5.64. The fourth-order valence-electron chi connectivity index (χ4n) is 2.75. The molecule has 1 aromatic heterocycles. The molecule has 2 amide bonds. The number of aromatic nitrogens is 1. The molecule has 0 aromatic carbocycles. The number of carbonyl (C=O) groups is 2. The lowest BCUT2D eigenvalue weighted by Gasteiger charge is -2.35. The van der Waals surface area contributed by atoms with Crippen LogP contribution in [-0.4, -0.2) is 46.9 Å². The second-order valence-electron chi connectivity index (χ2n) is 5.99. The monoisotopic (exact) mass is 324 g/mol. The van der Waals surface area contributed by atoms with Gasteiger partial charge in [-0.2, -0.15) is 0 Å². The maximum absolute atomic E-state index is 12.1. The Morgan fingerprint density at radius 3 is 2.55 bits per heavy atom. The van der Waals surface area contributed by atoms with Gasteiger partial charge >= 0.3 is 0 Å². The number of thiazole rings is 1. The van der Waals surface area contributed by atoms with E-state index in [1.807, 2.05) is 18.7 Å². The third-order valence-electron chi connectivity index (χ3n) is 4.12. The van der Waals surface area contributed by atoms with Gasteiger partial charge in [0.05, 0.1) is 6.04 Å². The van der Waals surface area contributed by atoms with E-state index in [0.717, 1.165) is 17.7 Å². The van der Waals surface area contributed by atoms with Gasteiger partial charge in [-0.15, -0.1) is 11.3 Å². The highest BCUT2D eigenvalue weighted by atomic mass is 32.1. The van der Waals surface area contributed by atoms with Gasteiger partial charge in [-0.3, -0.25) is 9.59 Å². The maximum atomic E-state index is 12.1. The Kier molecular flexibility index (Phi) is 5.52. The fraction of sp³-hybridized carbons (Fsp3) is 0.667. The second-order valence-corrected chi connectivity index (χ2v) is 7.22. The van der Waals surface area contributed by atoms with Gasteiger partial charge in [-0.25, -0.2) is 4.98 Å². The topological polar surface area (TPSA) is 88.3 Å². The van der Waals surface area contributed by atoms with E-state index in [0.29, 0.717) is 24.0 Å². The van der Waals surface area contributed by atoms with Crippen molar-refractivity contribution in [1.29, 1.82) is 0 Å². The van der Waals surface area contributed by atoms with E-state index >= 15 is 0 Å². The number of carbonyl (C=O) groups excluding carboxylic acids is 2. The van der Waals surface area contributed by atoms with Crippen molar-refractivity contribution in [1.82, 2.24) is 15.2 Å². The van der Waals surface area contributed by atoms with Crippen LogP contribution in [0.4, 0.5) is 0 Å². The predicted molar refractivity (Wildman–Crippen MR) is 86.7 cm³/mol. The summed E-state index contributed by atoms with van der Waals surface area (Å²) in [7, 11) is 0. The lowest BCUT2D eigenvalue weighted by molar-refractivity contribution is -0.133. The highest BCUT2D eigenvalue weighted by molar-refractivity contribution is 7.13. The molecule has 0 radical (unpaired) electrons. The summed E-state index contributed by atoms with van der Waals surface area (Å²) >= 11 is 1.40. The third-order valence-corrected chi connectivity index (χ3v) is 5.03. The summed E-state index contributed by atoms with van der Waals surface area (Å²) in [6.45, 7) is 7.09. The molecule has 1 aliphatic heterocycles. The third kappa shape index (κ3) is 4.04. The van der Waals surface area contributed by atoms with Gasteiger partial charge < -0.3 is 16.0 Å². The van der Waals surface area contributed by atoms with Crippen LogP contribution >= 0.6 is 11.3 Å². The first-order valence-electron chi connectivity index (χ1n) is 7.66. The molecule has 3 N–H and O–H groups in total. The number of aryl methyl sites for hydroxylation is 1. The minimum absolute atomic E-state index is 0.00778. The molecule has 7 heteroatoms. The first kappa shape index (κ1) is 16.9. The van der Waals surface area contributed by atoms with Crippen molar-refractivity contribution >= 4 is 23.2 Å². The highest BCUT2D eigenvalue weighted by Gasteiger charge is 2.28. The van der Waals surface area contributed by atoms with Crippen LogP contribution < -0.4 is 11.1 Å². The summed E-state index contributed by atoms with van der Waals surface area (Å²) in [4.78, 5) is 30.9. The molecule has 0 aliphatic carbocycles. The number of hydrogen-bond acceptors (Lipinski definition) is 5. The molecule has 2 rings (SSSR count). The zero-order valence-corrected chi connectivity index (χ0v) is 14.2. The van der Waals surface area contributed by atoms with E-state index < -0.39 is 6.04 Å². The zero-order valence-electron chi connectivity index (χ0n) is 13.3. The average Bonchev–Trinajstić information content (AvgIpc) is 2.93. The van der Waals surface area contributed by atoms with Crippen LogP contribution in [0.15, 0.2) is 6.20 Å². The van der Waals surface area contributed by atoms with Crippen molar-refractivity contribution in [2.45, 2.75) is 45.7 Å². The van der Waals surface area contributed by atoms with E-state index in [-0.39, 0.29) is 17.9 Å². The molecule has 22 heavy (non-hydrogen) atoms. The number of amides is 2. The van der Waals surface area contributed by atoms with Gasteiger partial charge in [0.15, 0.2) is 5.01 Å². The van der Waals surface area contributed by atoms with Gasteiger partial charge in [0, 0.05) is 30.2 Å². The first-order valence-corrected chi connectivity index (χ1v) is 8.47. The van der Waals surface area contributed by atoms with Crippen LogP contribution in [0.3, 0.4) is 0 Å². The van der Waals surface area contributed by atoms with Gasteiger partial charge in [-0.05, 0) is 39.5 Å². The SMILES string of the molecule is Cc1cnc(C(=O)NC(C)C2CCN(C(=O)[C@H](C)N)CC2)s1. The predicted octanol–water partition coefficient (Wildman–Crippen LogP) is 1.16. The Hall–Kier alpha value is -1.47. The molecule has 1 aliphatic rings. The summed E-state index contributed by atoms with van der Waals surface area (Å²) in [5.74, 6) is 0.273. The molecule has 1 aromatic rings. The van der Waals surface area contributed by atoms with E-state index in [9.17, 15) is 9.59 Å². The molecule has 0 spiro atoms. The zero-order chi connectivity index (χ0) is 16.3. The van der Waals surface area contributed by atoms with Crippen molar-refractivity contribution in [3.05, 3.63) is 16.1 Å². The first-order chi connectivity index (χ1) is 10.4. The summed E-state index contributed by atoms with van der Waals surface area (Å²) < 4.78 is 0. The molecule has 1 saturated heterocycles. The van der Waals surface area contributed by atoms with Crippen LogP contribution in [0.1, 0.15) is 41.4 Å². The number of nitrogens with two attached hydrogens (primary N) is 1. The minimum atomic E-state index is -0.443. The molecular formula is C15H24N4O2S. The van der Waals surface area contributed by atoms with E-state index in [1.54, 1.807) is 13.1 Å². The van der Waals surface area contributed by atoms with Crippen molar-refractivity contribution in [2.75, 3.05) is 13.1 Å². The summed E-state index contributed by atoms with van der Waals surface area (Å²) in [6.07, 6.45) is 3.48. The molecular weight excluding hydrogens is 300 g/mol. The van der Waals surface area contributed by atoms with E-state index in [4.69, 9.17) is 5.73 Å². The highest BCUT2D eigenvalue weighted by Crippen LogP contribution is 2.21. The van der Waals surface area contributed by atoms with Gasteiger partial charge in [0.25, 0.3) is 5.91 Å². The lowest BCUT2D eigenvalue weighted by atomic mass is 9.90. The van der Waals surface area contributed by atoms with Gasteiger partial charge in [0.1, 0.15) is 0 Å². The van der Waals surface area contributed by atoms with Crippen LogP contribution in [0.5, 0.6) is 0 Å². The molecule has 2 heterocycles. The largest absolute Gasteiger partial charge is 0.347 e. The Balaban J connectivity index is 1.83. The molecule has 1 fully saturated rings. The molecule has 2 atom stereocenters. The smallest absolute Gasteiger partial charge is 0.280 e. The Morgan fingerprint density at radius 1 is 1.41 bits per heavy atom. The molecule has 1 unspecified atom stereocenters. The standard InChI is InChI=1S/C15H24N4O2S/c1-9-8-17-14(22-9)13(20)18-11(3)12-4-6-19(7-5-12)15(21)10(2)16/h8,10-12H,4-7,16H2,1-3H3,(H,18,20)/t10-,11?/m0/s1. The number of piperidine rings is 1. The lowest BCUT2D eigenvalue weighted by Crippen LogP contribution is -2.49. The van der Waals surface area contributed by atoms with Crippen molar-refractivity contribution in [3.63, 3.8) is 0 Å². The van der Waals surface area contributed by atoms with E-state index in [2.05, 4.69) is 10.3 Å². The molecule has 122 valence electrons. The Bertz CT molecular complexity index is 535. The average molecular weight is 324 g/mol. The minimum Gasteiger partial charge on any atom is -0.347 e. The Morgan fingerprint density at radius 2 is 2.05 bits per heavy atom. The van der Waals surface area contributed by atoms with E-state index in [1.165, 1.54) is 11.3 Å². The summed E-state index contributed by atoms with van der Waals surface area (Å²) in [5, 5.41) is 3.54. The second kappa shape index (κ2) is 7.19. The van der Waals surface area contributed by atoms with Crippen LogP contribution in [0.25, 0.3) is 0 Å². The maximum Gasteiger partial charge on any atom is 0.280 e. The Labute approximate surface area is 135 Å². The van der Waals surface area contributed by atoms with Gasteiger partial charge in [-0.1, -0.05) is 0 Å². The number of rotatable bonds is 4. The molecule has 6 nitrogen and oxygen atoms in total. The number of nitrogens with zero attached hydrogens (tertiary/aromatic N) is 2. The molecule has 0 saturated carbocycles. The van der Waals surface area contributed by atoms with Crippen molar-refractivity contribution in [3.8, 4) is 0 Å². The van der Waals surface area contributed by atoms with Crippen molar-refractivity contribution in [2.24, 2.45) is 11.7 Å². The number of likely N-dealkylation sites (tertiary alicyclic amines) is 1. The summed E-state index contributed by atoms with van der Waals surface area (Å²) in [6, 6.07) is -0.369. The van der Waals surface area contributed by atoms with Crippen LogP contribution in [-0.2, 0) is 4.79 Å². The van der Waals surface area contributed by atoms with Crippen LogP contribution in [0.2, 0.25) is 0 Å². The molecule has 0 bridgehead atoms. The van der Waals surface area contributed by atoms with Crippen molar-refractivity contribution < 1.29 is 9.59 Å². The fourth-order valence-corrected chi connectivity index (χ4v) is 3.42. The number of nitrogens with one attached hydrogen (secondary N) is 1. The normalized spacial score (nSPS) is 18.8. The van der Waals surface area contributed by atoms with Crippen LogP contribution in [0, 0.1) is 12.8 Å². The quantitative estimate of drug-likeness (QED) is 0.870. The number of hydrogen-bond donors (Lipinski definition) is 2. The van der Waals surface area contributed by atoms with Gasteiger partial charge in [0.2, 0.25) is 5.91 Å².